The summed E-state index contributed by atoms with van der Waals surface area (Å²) < 4.78 is 0. The maximum atomic E-state index is 5.59. The molecule has 0 aliphatic heterocycles. The number of benzene rings is 3. The van der Waals surface area contributed by atoms with Crippen molar-refractivity contribution in [2.75, 3.05) is 26.2 Å². The first-order valence-corrected chi connectivity index (χ1v) is 18.6. The van der Waals surface area contributed by atoms with Gasteiger partial charge in [-0.15, -0.1) is 0 Å². The molecular formula is C40H66N4. The molecule has 0 aliphatic rings. The third kappa shape index (κ3) is 14.0. The molecule has 0 radical (unpaired) electrons. The van der Waals surface area contributed by atoms with Crippen molar-refractivity contribution in [3.63, 3.8) is 0 Å². The minimum atomic E-state index is 0.848. The van der Waals surface area contributed by atoms with Crippen molar-refractivity contribution < 1.29 is 0 Å². The average molecular weight is 603 g/mol. The summed E-state index contributed by atoms with van der Waals surface area (Å²) >= 11 is 0. The largest absolute Gasteiger partial charge is 0.330 e. The molecule has 0 amide bonds. The van der Waals surface area contributed by atoms with E-state index in [0.29, 0.717) is 0 Å². The maximum absolute atomic E-state index is 5.59. The van der Waals surface area contributed by atoms with E-state index < -0.39 is 0 Å². The van der Waals surface area contributed by atoms with E-state index in [1.54, 1.807) is 0 Å². The molecule has 3 aromatic carbocycles. The highest BCUT2D eigenvalue weighted by Gasteiger charge is 2.13. The standard InChI is InChI=1S/C40H66N4/c41-29-21-13-9-5-1-3-7-11-15-23-31-43-33-39-35-25-17-19-27-37(35)40(38-28-20-18-26-36(38)39)34-44-32-24-16-12-8-4-2-6-10-14-22-30-42/h17-20,25-28,43-44H,1-16,21-24,29-34,41-42H2. The Morgan fingerprint density at radius 2 is 0.591 bits per heavy atom. The lowest BCUT2D eigenvalue weighted by Crippen LogP contribution is -2.17. The van der Waals surface area contributed by atoms with E-state index in [2.05, 4.69) is 59.2 Å². The van der Waals surface area contributed by atoms with Gasteiger partial charge >= 0.3 is 0 Å². The Morgan fingerprint density at radius 3 is 0.864 bits per heavy atom. The summed E-state index contributed by atoms with van der Waals surface area (Å²) in [6.45, 7) is 5.76. The van der Waals surface area contributed by atoms with Gasteiger partial charge in [0, 0.05) is 13.1 Å². The molecule has 0 fully saturated rings. The van der Waals surface area contributed by atoms with Crippen LogP contribution in [0, 0.1) is 0 Å². The van der Waals surface area contributed by atoms with Gasteiger partial charge in [0.25, 0.3) is 0 Å². The summed E-state index contributed by atoms with van der Waals surface area (Å²) in [5.41, 5.74) is 14.1. The smallest absolute Gasteiger partial charge is 0.0217 e. The van der Waals surface area contributed by atoms with Crippen molar-refractivity contribution in [2.45, 2.75) is 142 Å². The monoisotopic (exact) mass is 603 g/mol. The second kappa shape index (κ2) is 24.3. The number of hydrogen-bond acceptors (Lipinski definition) is 4. The fourth-order valence-corrected chi connectivity index (χ4v) is 6.73. The maximum Gasteiger partial charge on any atom is 0.0217 e. The summed E-state index contributed by atoms with van der Waals surface area (Å²) in [7, 11) is 0. The Bertz CT molecular complexity index is 982. The van der Waals surface area contributed by atoms with Crippen LogP contribution in [0.15, 0.2) is 48.5 Å². The Kier molecular flexibility index (Phi) is 20.1. The van der Waals surface area contributed by atoms with Gasteiger partial charge < -0.3 is 22.1 Å². The molecule has 246 valence electrons. The zero-order valence-electron chi connectivity index (χ0n) is 28.2. The zero-order chi connectivity index (χ0) is 30.9. The van der Waals surface area contributed by atoms with E-state index in [4.69, 9.17) is 11.5 Å². The molecule has 0 saturated heterocycles. The average Bonchev–Trinajstić information content (AvgIpc) is 3.05. The van der Waals surface area contributed by atoms with E-state index >= 15 is 0 Å². The minimum absolute atomic E-state index is 0.848. The van der Waals surface area contributed by atoms with Gasteiger partial charge in [-0.3, -0.25) is 0 Å². The molecule has 0 saturated carbocycles. The van der Waals surface area contributed by atoms with Gasteiger partial charge in [-0.05, 0) is 84.5 Å². The van der Waals surface area contributed by atoms with Crippen LogP contribution in [0.5, 0.6) is 0 Å². The molecule has 3 aromatic rings. The van der Waals surface area contributed by atoms with Gasteiger partial charge in [-0.25, -0.2) is 0 Å². The minimum Gasteiger partial charge on any atom is -0.330 e. The molecule has 6 N–H and O–H groups in total. The molecule has 4 heteroatoms. The molecule has 3 rings (SSSR count). The van der Waals surface area contributed by atoms with Gasteiger partial charge in [0.05, 0.1) is 0 Å². The SMILES string of the molecule is NCCCCCCCCCCCCNCc1c2ccccc2c(CNCCCCCCCCCCCCN)c2ccccc12. The van der Waals surface area contributed by atoms with Gasteiger partial charge in [-0.1, -0.05) is 151 Å². The van der Waals surface area contributed by atoms with Crippen LogP contribution in [0.2, 0.25) is 0 Å². The fraction of sp³-hybridized carbons (Fsp3) is 0.650. The molecule has 0 aromatic heterocycles. The molecule has 0 spiro atoms. The van der Waals surface area contributed by atoms with Crippen molar-refractivity contribution in [2.24, 2.45) is 11.5 Å². The Morgan fingerprint density at radius 1 is 0.341 bits per heavy atom. The van der Waals surface area contributed by atoms with E-state index in [9.17, 15) is 0 Å². The van der Waals surface area contributed by atoms with E-state index in [-0.39, 0.29) is 0 Å². The Balaban J connectivity index is 1.39. The van der Waals surface area contributed by atoms with E-state index in [1.807, 2.05) is 0 Å². The first kappa shape index (κ1) is 36.5. The first-order chi connectivity index (χ1) is 21.9. The lowest BCUT2D eigenvalue weighted by atomic mass is 9.91. The predicted octanol–water partition coefficient (Wildman–Crippen LogP) is 9.89. The first-order valence-electron chi connectivity index (χ1n) is 18.6. The number of rotatable bonds is 28. The van der Waals surface area contributed by atoms with Gasteiger partial charge in [0.15, 0.2) is 0 Å². The Labute approximate surface area is 270 Å². The quantitative estimate of drug-likeness (QED) is 0.0493. The third-order valence-corrected chi connectivity index (χ3v) is 9.37. The number of hydrogen-bond donors (Lipinski definition) is 4. The van der Waals surface area contributed by atoms with Crippen LogP contribution in [0.3, 0.4) is 0 Å². The molecule has 0 atom stereocenters. The van der Waals surface area contributed by atoms with E-state index in [0.717, 1.165) is 39.3 Å². The summed E-state index contributed by atoms with van der Waals surface area (Å²) in [6.07, 6.45) is 26.8. The van der Waals surface area contributed by atoms with E-state index in [1.165, 1.54) is 161 Å². The molecular weight excluding hydrogens is 536 g/mol. The van der Waals surface area contributed by atoms with Crippen molar-refractivity contribution in [1.82, 2.24) is 10.6 Å². The van der Waals surface area contributed by atoms with Crippen LogP contribution in [-0.2, 0) is 13.1 Å². The molecule has 0 aliphatic carbocycles. The highest BCUT2D eigenvalue weighted by atomic mass is 14.9. The highest BCUT2D eigenvalue weighted by Crippen LogP contribution is 2.33. The summed E-state index contributed by atoms with van der Waals surface area (Å²) in [4.78, 5) is 0. The van der Waals surface area contributed by atoms with Crippen molar-refractivity contribution in [3.8, 4) is 0 Å². The molecule has 44 heavy (non-hydrogen) atoms. The number of nitrogens with one attached hydrogen (secondary N) is 2. The van der Waals surface area contributed by atoms with Crippen LogP contribution in [0.1, 0.15) is 140 Å². The van der Waals surface area contributed by atoms with Crippen LogP contribution < -0.4 is 22.1 Å². The lowest BCUT2D eigenvalue weighted by molar-refractivity contribution is 0.541. The third-order valence-electron chi connectivity index (χ3n) is 9.37. The normalized spacial score (nSPS) is 11.7. The molecule has 0 heterocycles. The highest BCUT2D eigenvalue weighted by molar-refractivity contribution is 6.05. The molecule has 0 unspecified atom stereocenters. The van der Waals surface area contributed by atoms with Crippen LogP contribution in [0.4, 0.5) is 0 Å². The van der Waals surface area contributed by atoms with Crippen molar-refractivity contribution >= 4 is 21.5 Å². The zero-order valence-corrected chi connectivity index (χ0v) is 28.2. The molecule has 4 nitrogen and oxygen atoms in total. The summed E-state index contributed by atoms with van der Waals surface area (Å²) in [5, 5.41) is 13.2. The van der Waals surface area contributed by atoms with Crippen LogP contribution in [-0.4, -0.2) is 26.2 Å². The van der Waals surface area contributed by atoms with Gasteiger partial charge in [0.2, 0.25) is 0 Å². The van der Waals surface area contributed by atoms with Crippen molar-refractivity contribution in [3.05, 3.63) is 59.7 Å². The van der Waals surface area contributed by atoms with Gasteiger partial charge in [-0.2, -0.15) is 0 Å². The van der Waals surface area contributed by atoms with Crippen molar-refractivity contribution in [1.29, 1.82) is 0 Å². The second-order valence-electron chi connectivity index (χ2n) is 13.1. The second-order valence-corrected chi connectivity index (χ2v) is 13.1. The lowest BCUT2D eigenvalue weighted by Gasteiger charge is -2.18. The van der Waals surface area contributed by atoms with Crippen LogP contribution >= 0.6 is 0 Å². The number of nitrogens with two attached hydrogens (primary N) is 2. The number of unbranched alkanes of at least 4 members (excludes halogenated alkanes) is 18. The van der Waals surface area contributed by atoms with Gasteiger partial charge in [0.1, 0.15) is 0 Å². The van der Waals surface area contributed by atoms with Crippen LogP contribution in [0.25, 0.3) is 21.5 Å². The topological polar surface area (TPSA) is 76.1 Å². The fourth-order valence-electron chi connectivity index (χ4n) is 6.73. The predicted molar refractivity (Wildman–Crippen MR) is 195 cm³/mol. The summed E-state index contributed by atoms with van der Waals surface area (Å²) in [6, 6.07) is 18.1. The molecule has 0 bridgehead atoms. The summed E-state index contributed by atoms with van der Waals surface area (Å²) in [5.74, 6) is 0. The Hall–Kier alpha value is -1.98. The number of fused-ring (bicyclic) bond motifs is 2.